The van der Waals surface area contributed by atoms with Gasteiger partial charge in [-0.05, 0) is 90.8 Å². The van der Waals surface area contributed by atoms with Gasteiger partial charge in [-0.1, -0.05) is 48.5 Å². The van der Waals surface area contributed by atoms with Crippen LogP contribution in [-0.2, 0) is 17.6 Å². The van der Waals surface area contributed by atoms with Crippen molar-refractivity contribution in [2.75, 3.05) is 13.2 Å². The van der Waals surface area contributed by atoms with Gasteiger partial charge in [0.15, 0.2) is 0 Å². The normalized spacial score (nSPS) is 23.8. The fourth-order valence-corrected chi connectivity index (χ4v) is 7.92. The molecule has 5 heteroatoms. The summed E-state index contributed by atoms with van der Waals surface area (Å²) < 4.78 is 5.76. The van der Waals surface area contributed by atoms with Crippen LogP contribution >= 0.6 is 0 Å². The van der Waals surface area contributed by atoms with Crippen LogP contribution < -0.4 is 0 Å². The highest BCUT2D eigenvalue weighted by Crippen LogP contribution is 2.44. The summed E-state index contributed by atoms with van der Waals surface area (Å²) in [5.41, 5.74) is 12.5. The lowest BCUT2D eigenvalue weighted by atomic mass is 9.87. The summed E-state index contributed by atoms with van der Waals surface area (Å²) in [6, 6.07) is 24.7. The van der Waals surface area contributed by atoms with E-state index in [4.69, 9.17) is 14.7 Å². The Balaban J connectivity index is 0.987. The van der Waals surface area contributed by atoms with Crippen molar-refractivity contribution >= 4 is 11.0 Å². The number of aromatic nitrogens is 3. The second kappa shape index (κ2) is 9.89. The third-order valence-electron chi connectivity index (χ3n) is 10.3. The number of rotatable bonds is 5. The Bertz CT molecular complexity index is 1770. The highest BCUT2D eigenvalue weighted by molar-refractivity contribution is 5.96. The molecule has 5 nitrogen and oxygen atoms in total. The number of nitrogens with one attached hydrogen (secondary N) is 1. The average Bonchev–Trinajstić information content (AvgIpc) is 3.84. The van der Waals surface area contributed by atoms with E-state index in [1.807, 2.05) is 12.4 Å². The number of nitrogens with zero attached hydrogens (tertiary/aromatic N) is 3. The van der Waals surface area contributed by atoms with E-state index in [2.05, 4.69) is 76.7 Å². The van der Waals surface area contributed by atoms with Gasteiger partial charge in [0, 0.05) is 58.8 Å². The molecular weight excluding hydrogens is 516 g/mol. The zero-order valence-corrected chi connectivity index (χ0v) is 23.9. The lowest BCUT2D eigenvalue weighted by Gasteiger charge is -2.56. The van der Waals surface area contributed by atoms with E-state index >= 15 is 0 Å². The first kappa shape index (κ1) is 24.8. The molecule has 2 aliphatic heterocycles. The number of hydrogen-bond donors (Lipinski definition) is 1. The van der Waals surface area contributed by atoms with Crippen LogP contribution in [0.4, 0.5) is 0 Å². The van der Waals surface area contributed by atoms with Crippen molar-refractivity contribution in [3.8, 4) is 33.5 Å². The van der Waals surface area contributed by atoms with Gasteiger partial charge in [-0.25, -0.2) is 4.98 Å². The monoisotopic (exact) mass is 552 g/mol. The van der Waals surface area contributed by atoms with Crippen molar-refractivity contribution in [1.29, 1.82) is 0 Å². The zero-order valence-electron chi connectivity index (χ0n) is 23.9. The molecule has 0 amide bonds. The molecule has 3 aromatic heterocycles. The molecule has 3 fully saturated rings. The predicted octanol–water partition coefficient (Wildman–Crippen LogP) is 7.56. The third-order valence-corrected chi connectivity index (χ3v) is 10.3. The minimum absolute atomic E-state index is 0.658. The molecule has 3 atom stereocenters. The molecule has 5 heterocycles. The van der Waals surface area contributed by atoms with Gasteiger partial charge < -0.3 is 9.72 Å². The Morgan fingerprint density at radius 3 is 2.33 bits per heavy atom. The zero-order chi connectivity index (χ0) is 27.6. The lowest BCUT2D eigenvalue weighted by Crippen LogP contribution is -2.66. The molecule has 9 rings (SSSR count). The number of fused-ring (bicyclic) bond motifs is 4. The second-order valence-corrected chi connectivity index (χ2v) is 12.9. The van der Waals surface area contributed by atoms with Crippen molar-refractivity contribution in [3.05, 3.63) is 95.9 Å². The molecule has 1 N–H and O–H groups in total. The van der Waals surface area contributed by atoms with Crippen molar-refractivity contribution < 1.29 is 4.74 Å². The molecule has 4 aliphatic rings. The van der Waals surface area contributed by atoms with Gasteiger partial charge in [-0.15, -0.1) is 0 Å². The molecular formula is C37H36N4O. The highest BCUT2D eigenvalue weighted by Gasteiger charge is 2.45. The summed E-state index contributed by atoms with van der Waals surface area (Å²) in [5, 5.41) is 1.17. The van der Waals surface area contributed by atoms with Crippen molar-refractivity contribution in [2.24, 2.45) is 0 Å². The maximum atomic E-state index is 5.76. The van der Waals surface area contributed by atoms with Crippen molar-refractivity contribution in [2.45, 2.75) is 69.0 Å². The fraction of sp³-hybridized carbons (Fsp3) is 0.351. The van der Waals surface area contributed by atoms with Gasteiger partial charge in [-0.2, -0.15) is 0 Å². The number of hydrogen-bond acceptors (Lipinski definition) is 4. The third kappa shape index (κ3) is 4.21. The smallest absolute Gasteiger partial charge is 0.137 e. The minimum atomic E-state index is 0.658. The molecule has 0 spiro atoms. The van der Waals surface area contributed by atoms with Crippen molar-refractivity contribution in [3.63, 3.8) is 0 Å². The molecule has 0 radical (unpaired) electrons. The topological polar surface area (TPSA) is 54.0 Å². The summed E-state index contributed by atoms with van der Waals surface area (Å²) in [4.78, 5) is 15.8. The summed E-state index contributed by atoms with van der Waals surface area (Å²) in [5.74, 6) is 0.677. The molecule has 2 aliphatic carbocycles. The number of benzene rings is 2. The number of aryl methyl sites for hydroxylation is 2. The number of ether oxygens (including phenoxy) is 1. The fourth-order valence-electron chi connectivity index (χ4n) is 7.92. The summed E-state index contributed by atoms with van der Waals surface area (Å²) in [6.07, 6.45) is 14.8. The SMILES string of the molecule is c1cnc(-c2ccc(-c3c[nH]c4ncc(-c5ccc6c(c5)CC[C@@H](N5C7COCC5C7)CC6)cc34)cc2)c(C2CC2)c1. The Kier molecular flexibility index (Phi) is 5.83. The first-order valence-electron chi connectivity index (χ1n) is 15.8. The molecule has 2 saturated heterocycles. The molecule has 5 aromatic rings. The van der Waals surface area contributed by atoms with Gasteiger partial charge >= 0.3 is 0 Å². The van der Waals surface area contributed by atoms with Crippen LogP contribution in [-0.4, -0.2) is 51.2 Å². The van der Waals surface area contributed by atoms with Crippen LogP contribution in [0.2, 0.25) is 0 Å². The van der Waals surface area contributed by atoms with Crippen LogP contribution in [0.5, 0.6) is 0 Å². The van der Waals surface area contributed by atoms with E-state index in [0.29, 0.717) is 24.0 Å². The second-order valence-electron chi connectivity index (χ2n) is 12.9. The lowest BCUT2D eigenvalue weighted by molar-refractivity contribution is -0.148. The number of morpholine rings is 1. The number of H-pyrrole nitrogens is 1. The van der Waals surface area contributed by atoms with E-state index in [-0.39, 0.29) is 0 Å². The van der Waals surface area contributed by atoms with Gasteiger partial charge in [-0.3, -0.25) is 9.88 Å². The molecule has 210 valence electrons. The molecule has 42 heavy (non-hydrogen) atoms. The van der Waals surface area contributed by atoms with Crippen LogP contribution in [0.25, 0.3) is 44.5 Å². The Hall–Kier alpha value is -3.80. The molecule has 2 unspecified atom stereocenters. The van der Waals surface area contributed by atoms with Crippen molar-refractivity contribution in [1.82, 2.24) is 19.9 Å². The van der Waals surface area contributed by atoms with Gasteiger partial charge in [0.1, 0.15) is 5.65 Å². The highest BCUT2D eigenvalue weighted by atomic mass is 16.5. The quantitative estimate of drug-likeness (QED) is 0.229. The van der Waals surface area contributed by atoms with Crippen LogP contribution in [0.1, 0.15) is 54.7 Å². The molecule has 2 bridgehead atoms. The number of pyridine rings is 2. The standard InChI is InChI=1S/C37H36N4O/c1-2-33(24-4-5-24)36(38-15-1)26-8-6-25(7-9-26)35-20-40-37-34(35)17-29(19-39-37)28-10-3-23-11-13-30(14-12-27(23)16-28)41-31-18-32(41)22-42-21-31/h1-3,6-10,15-17,19-20,24,30-32H,4-5,11-14,18,21-22H2,(H,39,40)/t30-,31?,32?/m0/s1. The predicted molar refractivity (Wildman–Crippen MR) is 167 cm³/mol. The van der Waals surface area contributed by atoms with E-state index in [1.54, 1.807) is 0 Å². The first-order chi connectivity index (χ1) is 20.8. The summed E-state index contributed by atoms with van der Waals surface area (Å²) in [6.45, 7) is 1.85. The van der Waals surface area contributed by atoms with Gasteiger partial charge in [0.25, 0.3) is 0 Å². The Morgan fingerprint density at radius 1 is 0.738 bits per heavy atom. The Labute approximate surface area is 247 Å². The minimum Gasteiger partial charge on any atom is -0.378 e. The van der Waals surface area contributed by atoms with Crippen LogP contribution in [0.3, 0.4) is 0 Å². The summed E-state index contributed by atoms with van der Waals surface area (Å²) in [7, 11) is 0. The van der Waals surface area contributed by atoms with E-state index in [1.165, 1.54) is 88.4 Å². The molecule has 1 saturated carbocycles. The maximum absolute atomic E-state index is 5.76. The van der Waals surface area contributed by atoms with Crippen LogP contribution in [0, 0.1) is 0 Å². The first-order valence-corrected chi connectivity index (χ1v) is 15.8. The van der Waals surface area contributed by atoms with Crippen LogP contribution in [0.15, 0.2) is 79.3 Å². The molecule has 2 aromatic carbocycles. The van der Waals surface area contributed by atoms with E-state index < -0.39 is 0 Å². The van der Waals surface area contributed by atoms with Gasteiger partial charge in [0.05, 0.1) is 18.9 Å². The van der Waals surface area contributed by atoms with Gasteiger partial charge in [0.2, 0.25) is 0 Å². The van der Waals surface area contributed by atoms with E-state index in [9.17, 15) is 0 Å². The average molecular weight is 553 g/mol. The summed E-state index contributed by atoms with van der Waals surface area (Å²) >= 11 is 0. The largest absolute Gasteiger partial charge is 0.378 e. The Morgan fingerprint density at radius 2 is 1.52 bits per heavy atom. The number of aromatic amines is 1. The van der Waals surface area contributed by atoms with E-state index in [0.717, 1.165) is 31.0 Å². The maximum Gasteiger partial charge on any atom is 0.137 e.